The standard InChI is InChI=1S/C20H26N6/c1-13-11-26-19-16(10-21-13)4-3-5-17(19)24-20(26)25-8-6-15(7-9-25)18-14(2)22-12-23-18/h3-5,12-13,15,21H,6-11H2,1-2H3,(H,22,23)/t13-/m0/s1. The molecule has 0 radical (unpaired) electrons. The predicted molar refractivity (Wildman–Crippen MR) is 104 cm³/mol. The van der Waals surface area contributed by atoms with Crippen LogP contribution in [0.4, 0.5) is 5.95 Å². The molecule has 5 rings (SSSR count). The lowest BCUT2D eigenvalue weighted by atomic mass is 9.93. The molecule has 6 heteroatoms. The minimum absolute atomic E-state index is 0.447. The van der Waals surface area contributed by atoms with Crippen LogP contribution in [0.3, 0.4) is 0 Å². The van der Waals surface area contributed by atoms with Gasteiger partial charge in [0, 0.05) is 43.8 Å². The molecule has 26 heavy (non-hydrogen) atoms. The van der Waals surface area contributed by atoms with Crippen molar-refractivity contribution in [2.45, 2.75) is 51.7 Å². The lowest BCUT2D eigenvalue weighted by Crippen LogP contribution is -2.36. The van der Waals surface area contributed by atoms with Crippen molar-refractivity contribution in [3.63, 3.8) is 0 Å². The number of aromatic amines is 1. The highest BCUT2D eigenvalue weighted by atomic mass is 15.3. The summed E-state index contributed by atoms with van der Waals surface area (Å²) in [5.41, 5.74) is 6.25. The molecule has 1 saturated heterocycles. The van der Waals surface area contributed by atoms with Crippen molar-refractivity contribution in [3.05, 3.63) is 41.5 Å². The first-order valence-electron chi connectivity index (χ1n) is 9.67. The number of anilines is 1. The summed E-state index contributed by atoms with van der Waals surface area (Å²) in [5.74, 6) is 1.70. The minimum atomic E-state index is 0.447. The van der Waals surface area contributed by atoms with Gasteiger partial charge in [0.25, 0.3) is 0 Å². The number of rotatable bonds is 2. The van der Waals surface area contributed by atoms with Gasteiger partial charge in [0.1, 0.15) is 0 Å². The Morgan fingerprint density at radius 2 is 2.04 bits per heavy atom. The van der Waals surface area contributed by atoms with Crippen LogP contribution in [0.2, 0.25) is 0 Å². The number of nitrogens with zero attached hydrogens (tertiary/aromatic N) is 4. The van der Waals surface area contributed by atoms with Crippen LogP contribution in [0.15, 0.2) is 24.5 Å². The quantitative estimate of drug-likeness (QED) is 0.746. The molecule has 0 aliphatic carbocycles. The summed E-state index contributed by atoms with van der Waals surface area (Å²) in [5, 5.41) is 3.62. The first-order chi connectivity index (χ1) is 12.7. The van der Waals surface area contributed by atoms with Crippen molar-refractivity contribution in [2.75, 3.05) is 18.0 Å². The van der Waals surface area contributed by atoms with E-state index in [0.717, 1.165) is 50.5 Å². The van der Waals surface area contributed by atoms with Crippen molar-refractivity contribution >= 4 is 17.0 Å². The highest BCUT2D eigenvalue weighted by molar-refractivity contribution is 5.82. The van der Waals surface area contributed by atoms with Crippen molar-refractivity contribution in [1.82, 2.24) is 24.8 Å². The maximum Gasteiger partial charge on any atom is 0.206 e. The predicted octanol–water partition coefficient (Wildman–Crippen LogP) is 2.94. The third-order valence-electron chi connectivity index (χ3n) is 5.96. The smallest absolute Gasteiger partial charge is 0.206 e. The average molecular weight is 350 g/mol. The molecule has 1 aromatic carbocycles. The maximum atomic E-state index is 5.03. The van der Waals surface area contributed by atoms with Gasteiger partial charge in [-0.1, -0.05) is 12.1 Å². The van der Waals surface area contributed by atoms with Gasteiger partial charge < -0.3 is 19.8 Å². The summed E-state index contributed by atoms with van der Waals surface area (Å²) >= 11 is 0. The second-order valence-corrected chi connectivity index (χ2v) is 7.76. The van der Waals surface area contributed by atoms with Gasteiger partial charge in [-0.15, -0.1) is 0 Å². The number of aryl methyl sites for hydroxylation is 1. The van der Waals surface area contributed by atoms with E-state index >= 15 is 0 Å². The zero-order valence-electron chi connectivity index (χ0n) is 15.5. The number of imidazole rings is 2. The molecule has 6 nitrogen and oxygen atoms in total. The van der Waals surface area contributed by atoms with E-state index in [-0.39, 0.29) is 0 Å². The van der Waals surface area contributed by atoms with Crippen LogP contribution in [-0.2, 0) is 13.1 Å². The SMILES string of the molecule is Cc1[nH]cnc1C1CCN(c2nc3cccc4c3n2C[C@H](C)NC4)CC1. The molecule has 0 saturated carbocycles. The van der Waals surface area contributed by atoms with E-state index < -0.39 is 0 Å². The Morgan fingerprint density at radius 3 is 2.81 bits per heavy atom. The van der Waals surface area contributed by atoms with Crippen LogP contribution in [0.5, 0.6) is 0 Å². The molecule has 2 aromatic heterocycles. The number of H-pyrrole nitrogens is 1. The van der Waals surface area contributed by atoms with Gasteiger partial charge in [0.05, 0.1) is 23.1 Å². The Hall–Kier alpha value is -2.34. The molecule has 4 heterocycles. The van der Waals surface area contributed by atoms with E-state index in [1.54, 1.807) is 0 Å². The van der Waals surface area contributed by atoms with Crippen LogP contribution in [0.25, 0.3) is 11.0 Å². The Balaban J connectivity index is 1.46. The number of para-hydroxylation sites is 1. The van der Waals surface area contributed by atoms with E-state index in [0.29, 0.717) is 12.0 Å². The monoisotopic (exact) mass is 350 g/mol. The molecule has 1 fully saturated rings. The van der Waals surface area contributed by atoms with Crippen LogP contribution in [-0.4, -0.2) is 38.7 Å². The van der Waals surface area contributed by atoms with Crippen LogP contribution in [0, 0.1) is 6.92 Å². The zero-order chi connectivity index (χ0) is 17.7. The van der Waals surface area contributed by atoms with Gasteiger partial charge in [-0.3, -0.25) is 0 Å². The summed E-state index contributed by atoms with van der Waals surface area (Å²) in [6, 6.07) is 6.95. The number of hydrogen-bond acceptors (Lipinski definition) is 4. The van der Waals surface area contributed by atoms with E-state index in [1.807, 2.05) is 6.33 Å². The van der Waals surface area contributed by atoms with Gasteiger partial charge >= 0.3 is 0 Å². The summed E-state index contributed by atoms with van der Waals surface area (Å²) in [7, 11) is 0. The first kappa shape index (κ1) is 15.9. The maximum absolute atomic E-state index is 5.03. The molecule has 0 bridgehead atoms. The van der Waals surface area contributed by atoms with Crippen molar-refractivity contribution in [1.29, 1.82) is 0 Å². The molecular weight excluding hydrogens is 324 g/mol. The second-order valence-electron chi connectivity index (χ2n) is 7.76. The van der Waals surface area contributed by atoms with E-state index in [2.05, 4.69) is 56.8 Å². The van der Waals surface area contributed by atoms with Crippen molar-refractivity contribution < 1.29 is 0 Å². The van der Waals surface area contributed by atoms with Gasteiger partial charge in [-0.25, -0.2) is 9.97 Å². The zero-order valence-corrected chi connectivity index (χ0v) is 15.5. The van der Waals surface area contributed by atoms with Gasteiger partial charge in [-0.2, -0.15) is 0 Å². The number of nitrogens with one attached hydrogen (secondary N) is 2. The van der Waals surface area contributed by atoms with Gasteiger partial charge in [0.15, 0.2) is 0 Å². The first-order valence-corrected chi connectivity index (χ1v) is 9.67. The van der Waals surface area contributed by atoms with E-state index in [4.69, 9.17) is 4.98 Å². The summed E-state index contributed by atoms with van der Waals surface area (Å²) in [4.78, 5) is 15.3. The summed E-state index contributed by atoms with van der Waals surface area (Å²) in [6.45, 7) is 8.36. The lowest BCUT2D eigenvalue weighted by molar-refractivity contribution is 0.468. The normalized spacial score (nSPS) is 21.3. The number of aromatic nitrogens is 4. The molecule has 136 valence electrons. The number of hydrogen-bond donors (Lipinski definition) is 2. The molecule has 0 unspecified atom stereocenters. The molecule has 2 aliphatic rings. The molecule has 3 aromatic rings. The van der Waals surface area contributed by atoms with Crippen LogP contribution in [0.1, 0.15) is 42.6 Å². The molecular formula is C20H26N6. The van der Waals surface area contributed by atoms with Crippen LogP contribution >= 0.6 is 0 Å². The molecule has 2 N–H and O–H groups in total. The highest BCUT2D eigenvalue weighted by Gasteiger charge is 2.28. The Kier molecular flexibility index (Phi) is 3.74. The van der Waals surface area contributed by atoms with Crippen LogP contribution < -0.4 is 10.2 Å². The topological polar surface area (TPSA) is 61.8 Å². The Bertz CT molecular complexity index is 931. The minimum Gasteiger partial charge on any atom is -0.348 e. The molecule has 0 amide bonds. The van der Waals surface area contributed by atoms with Gasteiger partial charge in [0.2, 0.25) is 5.95 Å². The molecule has 2 aliphatic heterocycles. The van der Waals surface area contributed by atoms with Crippen molar-refractivity contribution in [3.8, 4) is 0 Å². The fraction of sp³-hybridized carbons (Fsp3) is 0.500. The molecule has 0 spiro atoms. The summed E-state index contributed by atoms with van der Waals surface area (Å²) < 4.78 is 2.44. The summed E-state index contributed by atoms with van der Waals surface area (Å²) in [6.07, 6.45) is 4.09. The number of benzene rings is 1. The van der Waals surface area contributed by atoms with E-state index in [1.165, 1.54) is 22.5 Å². The average Bonchev–Trinajstić information content (AvgIpc) is 3.19. The highest BCUT2D eigenvalue weighted by Crippen LogP contribution is 2.33. The van der Waals surface area contributed by atoms with Gasteiger partial charge in [-0.05, 0) is 38.3 Å². The third kappa shape index (κ3) is 2.51. The Morgan fingerprint density at radius 1 is 1.19 bits per heavy atom. The number of piperidine rings is 1. The Labute approximate surface area is 153 Å². The largest absolute Gasteiger partial charge is 0.348 e. The molecule has 1 atom stereocenters. The second kappa shape index (κ2) is 6.13. The van der Waals surface area contributed by atoms with Crippen molar-refractivity contribution in [2.24, 2.45) is 0 Å². The lowest BCUT2D eigenvalue weighted by Gasteiger charge is -2.33. The third-order valence-corrected chi connectivity index (χ3v) is 5.96. The fourth-order valence-electron chi connectivity index (χ4n) is 4.56. The fourth-order valence-corrected chi connectivity index (χ4v) is 4.56. The van der Waals surface area contributed by atoms with E-state index in [9.17, 15) is 0 Å².